The lowest BCUT2D eigenvalue weighted by Gasteiger charge is -2.20. The molecule has 19 heavy (non-hydrogen) atoms. The number of halogens is 3. The highest BCUT2D eigenvalue weighted by molar-refractivity contribution is 6.00. The number of benzene rings is 1. The summed E-state index contributed by atoms with van der Waals surface area (Å²) in [5, 5.41) is 2.51. The van der Waals surface area contributed by atoms with E-state index in [1.165, 1.54) is 19.2 Å². The standard InChI is InChI=1S/C13H15F3N2O/c1-17-11-9(12(19)18-7-2-3-8-18)5-4-6-10(11)13(14,15)16/h4-6,17H,2-3,7-8H2,1H3. The topological polar surface area (TPSA) is 32.3 Å². The van der Waals surface area contributed by atoms with E-state index in [0.29, 0.717) is 13.1 Å². The molecule has 104 valence electrons. The number of nitrogens with zero attached hydrogens (tertiary/aromatic N) is 1. The second kappa shape index (κ2) is 5.11. The summed E-state index contributed by atoms with van der Waals surface area (Å²) in [4.78, 5) is 13.8. The summed E-state index contributed by atoms with van der Waals surface area (Å²) in [6.07, 6.45) is -2.67. The van der Waals surface area contributed by atoms with Gasteiger partial charge in [0.1, 0.15) is 0 Å². The molecule has 1 aromatic carbocycles. The Balaban J connectivity index is 2.42. The predicted octanol–water partition coefficient (Wildman–Crippen LogP) is 2.98. The fourth-order valence-corrected chi connectivity index (χ4v) is 2.33. The van der Waals surface area contributed by atoms with Gasteiger partial charge in [0.15, 0.2) is 0 Å². The number of nitrogens with one attached hydrogen (secondary N) is 1. The van der Waals surface area contributed by atoms with Crippen LogP contribution in [0.15, 0.2) is 18.2 Å². The van der Waals surface area contributed by atoms with Crippen molar-refractivity contribution >= 4 is 11.6 Å². The summed E-state index contributed by atoms with van der Waals surface area (Å²) in [7, 11) is 1.39. The quantitative estimate of drug-likeness (QED) is 0.897. The van der Waals surface area contributed by atoms with Gasteiger partial charge in [-0.1, -0.05) is 6.07 Å². The highest BCUT2D eigenvalue weighted by Gasteiger charge is 2.35. The number of likely N-dealkylation sites (tertiary alicyclic amines) is 1. The largest absolute Gasteiger partial charge is 0.418 e. The fraction of sp³-hybridized carbons (Fsp3) is 0.462. The SMILES string of the molecule is CNc1c(C(=O)N2CCCC2)cccc1C(F)(F)F. The van der Waals surface area contributed by atoms with Gasteiger partial charge in [0.25, 0.3) is 5.91 Å². The van der Waals surface area contributed by atoms with Gasteiger partial charge < -0.3 is 10.2 Å². The van der Waals surface area contributed by atoms with Crippen LogP contribution in [0.5, 0.6) is 0 Å². The zero-order valence-corrected chi connectivity index (χ0v) is 10.5. The molecule has 2 rings (SSSR count). The lowest BCUT2D eigenvalue weighted by atomic mass is 10.1. The number of para-hydroxylation sites is 1. The monoisotopic (exact) mass is 272 g/mol. The van der Waals surface area contributed by atoms with Crippen molar-refractivity contribution in [1.82, 2.24) is 4.90 Å². The molecule has 0 atom stereocenters. The number of hydrogen-bond donors (Lipinski definition) is 1. The van der Waals surface area contributed by atoms with Crippen LogP contribution in [0.2, 0.25) is 0 Å². The van der Waals surface area contributed by atoms with E-state index < -0.39 is 11.7 Å². The van der Waals surface area contributed by atoms with Crippen LogP contribution in [-0.2, 0) is 6.18 Å². The second-order valence-electron chi connectivity index (χ2n) is 4.48. The van der Waals surface area contributed by atoms with Gasteiger partial charge in [-0.3, -0.25) is 4.79 Å². The van der Waals surface area contributed by atoms with Crippen LogP contribution < -0.4 is 5.32 Å². The van der Waals surface area contributed by atoms with E-state index >= 15 is 0 Å². The van der Waals surface area contributed by atoms with Crippen LogP contribution in [0.4, 0.5) is 18.9 Å². The molecule has 1 fully saturated rings. The third-order valence-corrected chi connectivity index (χ3v) is 3.24. The highest BCUT2D eigenvalue weighted by atomic mass is 19.4. The maximum absolute atomic E-state index is 12.9. The molecule has 0 bridgehead atoms. The van der Waals surface area contributed by atoms with Crippen molar-refractivity contribution in [3.8, 4) is 0 Å². The summed E-state index contributed by atoms with van der Waals surface area (Å²) in [6.45, 7) is 1.22. The Morgan fingerprint density at radius 1 is 1.26 bits per heavy atom. The molecular formula is C13H15F3N2O. The normalized spacial score (nSPS) is 15.7. The van der Waals surface area contributed by atoms with Gasteiger partial charge in [0, 0.05) is 20.1 Å². The average molecular weight is 272 g/mol. The van der Waals surface area contributed by atoms with Gasteiger partial charge >= 0.3 is 6.18 Å². The number of rotatable bonds is 2. The van der Waals surface area contributed by atoms with Crippen molar-refractivity contribution in [2.75, 3.05) is 25.5 Å². The van der Waals surface area contributed by atoms with E-state index in [1.54, 1.807) is 4.90 Å². The predicted molar refractivity (Wildman–Crippen MR) is 66.1 cm³/mol. The summed E-state index contributed by atoms with van der Waals surface area (Å²) in [5.41, 5.74) is -0.869. The lowest BCUT2D eigenvalue weighted by molar-refractivity contribution is -0.136. The van der Waals surface area contributed by atoms with Crippen molar-refractivity contribution in [1.29, 1.82) is 0 Å². The minimum Gasteiger partial charge on any atom is -0.387 e. The Morgan fingerprint density at radius 3 is 2.42 bits per heavy atom. The van der Waals surface area contributed by atoms with Crippen LogP contribution in [0.1, 0.15) is 28.8 Å². The second-order valence-corrected chi connectivity index (χ2v) is 4.48. The van der Waals surface area contributed by atoms with Gasteiger partial charge in [0.05, 0.1) is 16.8 Å². The van der Waals surface area contributed by atoms with E-state index in [1.807, 2.05) is 0 Å². The molecule has 1 aromatic rings. The smallest absolute Gasteiger partial charge is 0.387 e. The molecule has 1 saturated heterocycles. The zero-order valence-electron chi connectivity index (χ0n) is 10.5. The third-order valence-electron chi connectivity index (χ3n) is 3.24. The van der Waals surface area contributed by atoms with Gasteiger partial charge in [0.2, 0.25) is 0 Å². The van der Waals surface area contributed by atoms with Crippen molar-refractivity contribution < 1.29 is 18.0 Å². The highest BCUT2D eigenvalue weighted by Crippen LogP contribution is 2.37. The summed E-state index contributed by atoms with van der Waals surface area (Å²) < 4.78 is 38.7. The van der Waals surface area contributed by atoms with Crippen molar-refractivity contribution in [3.05, 3.63) is 29.3 Å². The first kappa shape index (κ1) is 13.7. The first-order chi connectivity index (χ1) is 8.95. The molecule has 0 saturated carbocycles. The number of carbonyl (C=O) groups is 1. The zero-order chi connectivity index (χ0) is 14.0. The Bertz CT molecular complexity index is 479. The van der Waals surface area contributed by atoms with Gasteiger partial charge in [-0.05, 0) is 25.0 Å². The van der Waals surface area contributed by atoms with E-state index in [-0.39, 0.29) is 17.2 Å². The van der Waals surface area contributed by atoms with E-state index in [2.05, 4.69) is 5.32 Å². The van der Waals surface area contributed by atoms with E-state index in [9.17, 15) is 18.0 Å². The van der Waals surface area contributed by atoms with E-state index in [0.717, 1.165) is 18.9 Å². The van der Waals surface area contributed by atoms with Crippen LogP contribution in [0.25, 0.3) is 0 Å². The van der Waals surface area contributed by atoms with Crippen LogP contribution in [-0.4, -0.2) is 30.9 Å². The molecule has 1 aliphatic rings. The van der Waals surface area contributed by atoms with Crippen molar-refractivity contribution in [3.63, 3.8) is 0 Å². The molecule has 0 aliphatic carbocycles. The Morgan fingerprint density at radius 2 is 1.89 bits per heavy atom. The first-order valence-electron chi connectivity index (χ1n) is 6.12. The molecule has 1 heterocycles. The molecule has 0 spiro atoms. The molecule has 6 heteroatoms. The first-order valence-corrected chi connectivity index (χ1v) is 6.12. The number of anilines is 1. The van der Waals surface area contributed by atoms with Crippen molar-refractivity contribution in [2.45, 2.75) is 19.0 Å². The summed E-state index contributed by atoms with van der Waals surface area (Å²) >= 11 is 0. The maximum atomic E-state index is 12.9. The maximum Gasteiger partial charge on any atom is 0.418 e. The van der Waals surface area contributed by atoms with Crippen LogP contribution in [0, 0.1) is 0 Å². The van der Waals surface area contributed by atoms with Crippen LogP contribution in [0.3, 0.4) is 0 Å². The van der Waals surface area contributed by atoms with Gasteiger partial charge in [-0.15, -0.1) is 0 Å². The van der Waals surface area contributed by atoms with Gasteiger partial charge in [-0.25, -0.2) is 0 Å². The minimum atomic E-state index is -4.47. The van der Waals surface area contributed by atoms with E-state index in [4.69, 9.17) is 0 Å². The Kier molecular flexibility index (Phi) is 3.68. The molecule has 0 radical (unpaired) electrons. The molecule has 1 aliphatic heterocycles. The lowest BCUT2D eigenvalue weighted by Crippen LogP contribution is -2.28. The summed E-state index contributed by atoms with van der Waals surface area (Å²) in [6, 6.07) is 3.68. The van der Waals surface area contributed by atoms with Crippen LogP contribution >= 0.6 is 0 Å². The number of carbonyl (C=O) groups excluding carboxylic acids is 1. The van der Waals surface area contributed by atoms with Gasteiger partial charge in [-0.2, -0.15) is 13.2 Å². The fourth-order valence-electron chi connectivity index (χ4n) is 2.33. The molecule has 1 N–H and O–H groups in total. The molecule has 0 unspecified atom stereocenters. The minimum absolute atomic E-state index is 0.0826. The number of hydrogen-bond acceptors (Lipinski definition) is 2. The molecule has 0 aromatic heterocycles. The molecular weight excluding hydrogens is 257 g/mol. The Hall–Kier alpha value is -1.72. The number of alkyl halides is 3. The van der Waals surface area contributed by atoms with Crippen molar-refractivity contribution in [2.24, 2.45) is 0 Å². The molecule has 1 amide bonds. The Labute approximate surface area is 109 Å². The summed E-state index contributed by atoms with van der Waals surface area (Å²) in [5.74, 6) is -0.340. The third kappa shape index (κ3) is 2.67. The molecule has 3 nitrogen and oxygen atoms in total. The number of amides is 1. The average Bonchev–Trinajstić information content (AvgIpc) is 2.89.